The van der Waals surface area contributed by atoms with Gasteiger partial charge in [0.2, 0.25) is 5.91 Å². The molecule has 2 saturated carbocycles. The van der Waals surface area contributed by atoms with Gasteiger partial charge >= 0.3 is 0 Å². The number of nitrogens with one attached hydrogen (secondary N) is 1. The molecule has 1 aromatic carbocycles. The SMILES string of the molecule is COc1ccc(OC)c([C@@H]2C[C@@H]2C(=O)N[C@@H]2CC[C@H](N(C)C)C2)c1. The molecule has 0 saturated heterocycles. The topological polar surface area (TPSA) is 50.8 Å². The van der Waals surface area contributed by atoms with Crippen molar-refractivity contribution in [2.24, 2.45) is 5.92 Å². The van der Waals surface area contributed by atoms with Crippen LogP contribution in [0.15, 0.2) is 18.2 Å². The number of ether oxygens (including phenoxy) is 2. The maximum atomic E-state index is 12.6. The number of carbonyl (C=O) groups is 1. The summed E-state index contributed by atoms with van der Waals surface area (Å²) >= 11 is 0. The summed E-state index contributed by atoms with van der Waals surface area (Å²) in [7, 11) is 7.55. The van der Waals surface area contributed by atoms with Crippen molar-refractivity contribution in [2.45, 2.75) is 43.7 Å². The van der Waals surface area contributed by atoms with E-state index in [1.54, 1.807) is 14.2 Å². The Hall–Kier alpha value is -1.75. The molecule has 0 aromatic heterocycles. The summed E-state index contributed by atoms with van der Waals surface area (Å²) in [5.41, 5.74) is 1.08. The molecule has 0 heterocycles. The molecule has 4 atom stereocenters. The van der Waals surface area contributed by atoms with Gasteiger partial charge in [-0.2, -0.15) is 0 Å². The lowest BCUT2D eigenvalue weighted by molar-refractivity contribution is -0.123. The van der Waals surface area contributed by atoms with Crippen LogP contribution in [0.1, 0.15) is 37.2 Å². The first-order valence-corrected chi connectivity index (χ1v) is 8.72. The number of hydrogen-bond acceptors (Lipinski definition) is 4. The van der Waals surface area contributed by atoms with Crippen LogP contribution in [0.4, 0.5) is 0 Å². The summed E-state index contributed by atoms with van der Waals surface area (Å²) in [6, 6.07) is 6.70. The third-order valence-electron chi connectivity index (χ3n) is 5.45. The molecule has 1 aromatic rings. The van der Waals surface area contributed by atoms with Gasteiger partial charge in [-0.15, -0.1) is 0 Å². The van der Waals surface area contributed by atoms with Crippen molar-refractivity contribution in [3.05, 3.63) is 23.8 Å². The van der Waals surface area contributed by atoms with E-state index in [-0.39, 0.29) is 17.7 Å². The molecule has 24 heavy (non-hydrogen) atoms. The third-order valence-corrected chi connectivity index (χ3v) is 5.45. The van der Waals surface area contributed by atoms with E-state index in [1.807, 2.05) is 18.2 Å². The molecule has 5 nitrogen and oxygen atoms in total. The maximum absolute atomic E-state index is 12.6. The van der Waals surface area contributed by atoms with Crippen molar-refractivity contribution < 1.29 is 14.3 Å². The Morgan fingerprint density at radius 2 is 1.96 bits per heavy atom. The number of amides is 1. The van der Waals surface area contributed by atoms with Gasteiger partial charge in [-0.05, 0) is 58.0 Å². The molecular formula is C19H28N2O3. The molecule has 0 aliphatic heterocycles. The van der Waals surface area contributed by atoms with Gasteiger partial charge in [-0.1, -0.05) is 0 Å². The molecule has 3 rings (SSSR count). The second-order valence-electron chi connectivity index (χ2n) is 7.19. The zero-order chi connectivity index (χ0) is 17.3. The van der Waals surface area contributed by atoms with E-state index in [9.17, 15) is 4.79 Å². The Morgan fingerprint density at radius 3 is 2.58 bits per heavy atom. The van der Waals surface area contributed by atoms with Crippen molar-refractivity contribution in [1.82, 2.24) is 10.2 Å². The van der Waals surface area contributed by atoms with Crippen molar-refractivity contribution in [2.75, 3.05) is 28.3 Å². The number of hydrogen-bond donors (Lipinski definition) is 1. The van der Waals surface area contributed by atoms with E-state index in [1.165, 1.54) is 0 Å². The van der Waals surface area contributed by atoms with E-state index in [0.717, 1.165) is 42.7 Å². The Kier molecular flexibility index (Phi) is 4.99. The van der Waals surface area contributed by atoms with Crippen LogP contribution in [0, 0.1) is 5.92 Å². The second kappa shape index (κ2) is 7.01. The normalized spacial score (nSPS) is 28.7. The summed E-state index contributed by atoms with van der Waals surface area (Å²) in [5, 5.41) is 3.25. The molecular weight excluding hydrogens is 304 g/mol. The highest BCUT2D eigenvalue weighted by atomic mass is 16.5. The molecule has 2 aliphatic rings. The van der Waals surface area contributed by atoms with E-state index >= 15 is 0 Å². The van der Waals surface area contributed by atoms with Gasteiger partial charge in [0.25, 0.3) is 0 Å². The second-order valence-corrected chi connectivity index (χ2v) is 7.19. The van der Waals surface area contributed by atoms with Crippen molar-refractivity contribution in [3.8, 4) is 11.5 Å². The number of nitrogens with zero attached hydrogens (tertiary/aromatic N) is 1. The van der Waals surface area contributed by atoms with E-state index < -0.39 is 0 Å². The quantitative estimate of drug-likeness (QED) is 0.869. The van der Waals surface area contributed by atoms with Crippen LogP contribution in [0.25, 0.3) is 0 Å². The lowest BCUT2D eigenvalue weighted by atomic mass is 10.1. The first-order chi connectivity index (χ1) is 11.5. The van der Waals surface area contributed by atoms with Crippen LogP contribution >= 0.6 is 0 Å². The van der Waals surface area contributed by atoms with Crippen molar-refractivity contribution in [1.29, 1.82) is 0 Å². The van der Waals surface area contributed by atoms with Crippen molar-refractivity contribution >= 4 is 5.91 Å². The van der Waals surface area contributed by atoms with Crippen LogP contribution < -0.4 is 14.8 Å². The fourth-order valence-corrected chi connectivity index (χ4v) is 3.82. The fourth-order valence-electron chi connectivity index (χ4n) is 3.82. The number of rotatable bonds is 6. The van der Waals surface area contributed by atoms with Crippen LogP contribution in [0.2, 0.25) is 0 Å². The van der Waals surface area contributed by atoms with Gasteiger partial charge in [0.15, 0.2) is 0 Å². The Labute approximate surface area is 144 Å². The summed E-state index contributed by atoms with van der Waals surface area (Å²) in [4.78, 5) is 14.8. The smallest absolute Gasteiger partial charge is 0.223 e. The Bertz CT molecular complexity index is 602. The van der Waals surface area contributed by atoms with Crippen molar-refractivity contribution in [3.63, 3.8) is 0 Å². The number of carbonyl (C=O) groups excluding carboxylic acids is 1. The first-order valence-electron chi connectivity index (χ1n) is 8.72. The van der Waals surface area contributed by atoms with Crippen LogP contribution in [-0.4, -0.2) is 51.2 Å². The lowest BCUT2D eigenvalue weighted by Crippen LogP contribution is -2.36. The molecule has 0 bridgehead atoms. The largest absolute Gasteiger partial charge is 0.497 e. The van der Waals surface area contributed by atoms with Crippen LogP contribution in [-0.2, 0) is 4.79 Å². The summed E-state index contributed by atoms with van der Waals surface area (Å²) in [6.07, 6.45) is 4.18. The summed E-state index contributed by atoms with van der Waals surface area (Å²) in [5.74, 6) is 2.13. The predicted molar refractivity (Wildman–Crippen MR) is 93.7 cm³/mol. The first kappa shape index (κ1) is 17.1. The predicted octanol–water partition coefficient (Wildman–Crippen LogP) is 2.41. The number of methoxy groups -OCH3 is 2. The zero-order valence-corrected chi connectivity index (χ0v) is 15.0. The Balaban J connectivity index is 1.60. The molecule has 0 unspecified atom stereocenters. The minimum atomic E-state index is 0.0596. The number of benzene rings is 1. The highest BCUT2D eigenvalue weighted by Crippen LogP contribution is 2.51. The molecule has 132 valence electrons. The van der Waals surface area contributed by atoms with Gasteiger partial charge < -0.3 is 19.7 Å². The lowest BCUT2D eigenvalue weighted by Gasteiger charge is -2.19. The zero-order valence-electron chi connectivity index (χ0n) is 15.0. The highest BCUT2D eigenvalue weighted by Gasteiger charge is 2.46. The van der Waals surface area contributed by atoms with Gasteiger partial charge in [0, 0.05) is 29.5 Å². The average Bonchev–Trinajstić information content (AvgIpc) is 3.25. The van der Waals surface area contributed by atoms with Gasteiger partial charge in [-0.25, -0.2) is 0 Å². The molecule has 5 heteroatoms. The van der Waals surface area contributed by atoms with E-state index in [0.29, 0.717) is 12.1 Å². The molecule has 1 N–H and O–H groups in total. The molecule has 0 radical (unpaired) electrons. The van der Waals surface area contributed by atoms with Gasteiger partial charge in [0.1, 0.15) is 11.5 Å². The van der Waals surface area contributed by atoms with Crippen LogP contribution in [0.3, 0.4) is 0 Å². The van der Waals surface area contributed by atoms with E-state index in [4.69, 9.17) is 9.47 Å². The highest BCUT2D eigenvalue weighted by molar-refractivity contribution is 5.83. The standard InChI is InChI=1S/C19H28N2O3/c1-21(2)13-6-5-12(9-13)20-19(22)17-11-15(17)16-10-14(23-3)7-8-18(16)24-4/h7-8,10,12-13,15,17H,5-6,9,11H2,1-4H3,(H,20,22)/t12-,13+,15+,17+/m1/s1. The van der Waals surface area contributed by atoms with Gasteiger partial charge in [0.05, 0.1) is 14.2 Å². The summed E-state index contributed by atoms with van der Waals surface area (Å²) in [6.45, 7) is 0. The molecule has 2 aliphatic carbocycles. The maximum Gasteiger partial charge on any atom is 0.223 e. The third kappa shape index (κ3) is 3.51. The molecule has 1 amide bonds. The fraction of sp³-hybridized carbons (Fsp3) is 0.632. The van der Waals surface area contributed by atoms with E-state index in [2.05, 4.69) is 24.3 Å². The molecule has 0 spiro atoms. The molecule has 2 fully saturated rings. The minimum Gasteiger partial charge on any atom is -0.497 e. The average molecular weight is 332 g/mol. The van der Waals surface area contributed by atoms with Gasteiger partial charge in [-0.3, -0.25) is 4.79 Å². The Morgan fingerprint density at radius 1 is 1.17 bits per heavy atom. The van der Waals surface area contributed by atoms with Crippen LogP contribution in [0.5, 0.6) is 11.5 Å². The summed E-state index contributed by atoms with van der Waals surface area (Å²) < 4.78 is 10.8. The minimum absolute atomic E-state index is 0.0596. The monoisotopic (exact) mass is 332 g/mol.